The van der Waals surface area contributed by atoms with Gasteiger partial charge in [0, 0.05) is 35.7 Å². The van der Waals surface area contributed by atoms with E-state index in [0.29, 0.717) is 41.5 Å². The highest BCUT2D eigenvalue weighted by atomic mass is 16.5. The van der Waals surface area contributed by atoms with Gasteiger partial charge in [0.1, 0.15) is 18.4 Å². The van der Waals surface area contributed by atoms with Crippen LogP contribution in [0.3, 0.4) is 0 Å². The summed E-state index contributed by atoms with van der Waals surface area (Å²) < 4.78 is 5.97. The molecule has 3 aromatic carbocycles. The second-order valence-corrected chi connectivity index (χ2v) is 11.5. The van der Waals surface area contributed by atoms with Gasteiger partial charge in [0.05, 0.1) is 5.54 Å². The van der Waals surface area contributed by atoms with E-state index in [1.54, 1.807) is 48.5 Å². The molecule has 2 aliphatic carbocycles. The third-order valence-electron chi connectivity index (χ3n) is 8.69. The fourth-order valence-corrected chi connectivity index (χ4v) is 6.08. The van der Waals surface area contributed by atoms with E-state index in [2.05, 4.69) is 10.6 Å². The van der Waals surface area contributed by atoms with E-state index in [1.807, 2.05) is 30.3 Å². The van der Waals surface area contributed by atoms with Crippen LogP contribution in [0.1, 0.15) is 72.9 Å². The first kappa shape index (κ1) is 29.5. The van der Waals surface area contributed by atoms with Crippen molar-refractivity contribution in [3.63, 3.8) is 0 Å². The van der Waals surface area contributed by atoms with Crippen LogP contribution in [0, 0.1) is 5.92 Å². The van der Waals surface area contributed by atoms with Crippen LogP contribution in [-0.2, 0) is 16.0 Å². The van der Waals surface area contributed by atoms with Gasteiger partial charge in [0.25, 0.3) is 0 Å². The maximum absolute atomic E-state index is 13.2. The number of anilines is 1. The van der Waals surface area contributed by atoms with Crippen molar-refractivity contribution in [2.24, 2.45) is 5.92 Å². The van der Waals surface area contributed by atoms with Gasteiger partial charge in [-0.1, -0.05) is 80.3 Å². The van der Waals surface area contributed by atoms with Crippen LogP contribution in [-0.4, -0.2) is 47.4 Å². The van der Waals surface area contributed by atoms with Gasteiger partial charge in [0.15, 0.2) is 11.6 Å². The summed E-state index contributed by atoms with van der Waals surface area (Å²) in [4.78, 5) is 38.5. The molecule has 7 nitrogen and oxygen atoms in total. The Balaban J connectivity index is 1.16. The number of ketones is 2. The van der Waals surface area contributed by atoms with Crippen molar-refractivity contribution in [2.75, 3.05) is 18.5 Å². The lowest BCUT2D eigenvalue weighted by atomic mass is 9.69. The Kier molecular flexibility index (Phi) is 9.70. The molecule has 1 atom stereocenters. The number of Topliss-reactive ketones (excluding diaryl/α,β-unsaturated/α-hetero) is 1. The largest absolute Gasteiger partial charge is 0.492 e. The van der Waals surface area contributed by atoms with Crippen LogP contribution in [0.25, 0.3) is 0 Å². The molecular weight excluding hydrogens is 528 g/mol. The average molecular weight is 569 g/mol. The summed E-state index contributed by atoms with van der Waals surface area (Å²) in [5, 5.41) is 16.6. The number of hydrogen-bond donors (Lipinski definition) is 3. The van der Waals surface area contributed by atoms with Crippen molar-refractivity contribution in [1.29, 1.82) is 0 Å². The number of carbonyl (C=O) groups is 3. The topological polar surface area (TPSA) is 105 Å². The lowest BCUT2D eigenvalue weighted by Crippen LogP contribution is -2.57. The van der Waals surface area contributed by atoms with E-state index >= 15 is 0 Å². The molecule has 42 heavy (non-hydrogen) atoms. The maximum atomic E-state index is 13.2. The van der Waals surface area contributed by atoms with E-state index in [9.17, 15) is 19.5 Å². The van der Waals surface area contributed by atoms with E-state index < -0.39 is 12.0 Å². The standard InChI is InChI=1S/C35H40N2O5/c38-32(26-10-3-1-4-11-26)29-14-5-6-15-30(29)37-31(34(40)41)24-25-16-18-28(19-17-25)42-23-22-36-35(20-7-2-8-21-35)33(39)27-12-9-13-27/h1,3-6,10-11,14-19,27,31,36-37H,2,7-9,12-13,20-24H2,(H,40,41). The van der Waals surface area contributed by atoms with Crippen molar-refractivity contribution in [3.8, 4) is 5.75 Å². The van der Waals surface area contributed by atoms with Crippen molar-refractivity contribution < 1.29 is 24.2 Å². The van der Waals surface area contributed by atoms with E-state index in [4.69, 9.17) is 4.74 Å². The van der Waals surface area contributed by atoms with Crippen molar-refractivity contribution in [3.05, 3.63) is 95.6 Å². The number of nitrogens with one attached hydrogen (secondary N) is 2. The minimum Gasteiger partial charge on any atom is -0.492 e. The third-order valence-corrected chi connectivity index (χ3v) is 8.69. The molecule has 2 aliphatic rings. The molecule has 0 spiro atoms. The second-order valence-electron chi connectivity index (χ2n) is 11.5. The molecule has 0 amide bonds. The Hall–Kier alpha value is -3.97. The van der Waals surface area contributed by atoms with Gasteiger partial charge in [0.2, 0.25) is 0 Å². The molecule has 0 bridgehead atoms. The van der Waals surface area contributed by atoms with Gasteiger partial charge in [-0.15, -0.1) is 0 Å². The highest BCUT2D eigenvalue weighted by Crippen LogP contribution is 2.37. The van der Waals surface area contributed by atoms with Crippen LogP contribution in [0.15, 0.2) is 78.9 Å². The lowest BCUT2D eigenvalue weighted by molar-refractivity contribution is -0.138. The minimum absolute atomic E-state index is 0.166. The minimum atomic E-state index is -1.00. The summed E-state index contributed by atoms with van der Waals surface area (Å²) in [6, 6.07) is 22.4. The van der Waals surface area contributed by atoms with E-state index in [0.717, 1.165) is 50.5 Å². The molecule has 5 rings (SSSR count). The zero-order valence-corrected chi connectivity index (χ0v) is 24.0. The first-order valence-corrected chi connectivity index (χ1v) is 15.1. The molecule has 7 heteroatoms. The number of benzene rings is 3. The van der Waals surface area contributed by atoms with Gasteiger partial charge >= 0.3 is 5.97 Å². The van der Waals surface area contributed by atoms with Crippen LogP contribution >= 0.6 is 0 Å². The molecule has 220 valence electrons. The van der Waals surface area contributed by atoms with Crippen molar-refractivity contribution >= 4 is 23.2 Å². The van der Waals surface area contributed by atoms with Crippen LogP contribution in [0.2, 0.25) is 0 Å². The predicted molar refractivity (Wildman–Crippen MR) is 163 cm³/mol. The number of rotatable bonds is 14. The third kappa shape index (κ3) is 7.08. The molecule has 0 aliphatic heterocycles. The smallest absolute Gasteiger partial charge is 0.326 e. The zero-order valence-electron chi connectivity index (χ0n) is 24.0. The van der Waals surface area contributed by atoms with E-state index in [-0.39, 0.29) is 23.7 Å². The van der Waals surface area contributed by atoms with Crippen molar-refractivity contribution in [2.45, 2.75) is 69.4 Å². The first-order chi connectivity index (χ1) is 20.4. The fraction of sp³-hybridized carbons (Fsp3) is 0.400. The van der Waals surface area contributed by atoms with Gasteiger partial charge in [-0.05, 0) is 55.5 Å². The zero-order chi connectivity index (χ0) is 29.4. The van der Waals surface area contributed by atoms with Crippen LogP contribution in [0.5, 0.6) is 5.75 Å². The Morgan fingerprint density at radius 2 is 1.55 bits per heavy atom. The summed E-state index contributed by atoms with van der Waals surface area (Å²) in [5.41, 5.74) is 1.90. The first-order valence-electron chi connectivity index (χ1n) is 15.1. The monoisotopic (exact) mass is 568 g/mol. The molecular formula is C35H40N2O5. The summed E-state index contributed by atoms with van der Waals surface area (Å²) in [5.74, 6) is 0.164. The quantitative estimate of drug-likeness (QED) is 0.160. The van der Waals surface area contributed by atoms with Crippen molar-refractivity contribution in [1.82, 2.24) is 5.32 Å². The Labute approximate surface area is 247 Å². The Morgan fingerprint density at radius 1 is 0.857 bits per heavy atom. The molecule has 3 aromatic rings. The lowest BCUT2D eigenvalue weighted by Gasteiger charge is -2.41. The summed E-state index contributed by atoms with van der Waals surface area (Å²) >= 11 is 0. The Morgan fingerprint density at radius 3 is 2.21 bits per heavy atom. The van der Waals surface area contributed by atoms with Gasteiger partial charge in [-0.2, -0.15) is 0 Å². The molecule has 0 heterocycles. The van der Waals surface area contributed by atoms with Gasteiger partial charge in [-0.25, -0.2) is 4.79 Å². The highest BCUT2D eigenvalue weighted by molar-refractivity contribution is 6.12. The molecule has 0 aromatic heterocycles. The predicted octanol–water partition coefficient (Wildman–Crippen LogP) is 6.07. The summed E-state index contributed by atoms with van der Waals surface area (Å²) in [6.45, 7) is 1.05. The number of carboxylic acids is 1. The number of carboxylic acid groups (broad SMARTS) is 1. The SMILES string of the molecule is O=C(c1ccccc1)c1ccccc1NC(Cc1ccc(OCCNC2(C(=O)C3CCC3)CCCCC2)cc1)C(=O)O. The maximum Gasteiger partial charge on any atom is 0.326 e. The number of hydrogen-bond acceptors (Lipinski definition) is 6. The van der Waals surface area contributed by atoms with E-state index in [1.165, 1.54) is 6.42 Å². The molecule has 2 fully saturated rings. The highest BCUT2D eigenvalue weighted by Gasteiger charge is 2.43. The molecule has 1 unspecified atom stereocenters. The Bertz CT molecular complexity index is 1360. The molecule has 2 saturated carbocycles. The van der Waals surface area contributed by atoms with Crippen LogP contribution < -0.4 is 15.4 Å². The fourth-order valence-electron chi connectivity index (χ4n) is 6.08. The number of para-hydroxylation sites is 1. The molecule has 3 N–H and O–H groups in total. The van der Waals surface area contributed by atoms with Crippen LogP contribution in [0.4, 0.5) is 5.69 Å². The summed E-state index contributed by atoms with van der Waals surface area (Å²) in [7, 11) is 0. The molecule has 0 radical (unpaired) electrons. The molecule has 0 saturated heterocycles. The summed E-state index contributed by atoms with van der Waals surface area (Å²) in [6.07, 6.45) is 8.67. The number of aliphatic carboxylic acids is 1. The number of ether oxygens (including phenoxy) is 1. The average Bonchev–Trinajstić information content (AvgIpc) is 2.99. The normalized spacial score (nSPS) is 17.0. The van der Waals surface area contributed by atoms with Gasteiger partial charge < -0.3 is 20.5 Å². The van der Waals surface area contributed by atoms with Gasteiger partial charge in [-0.3, -0.25) is 9.59 Å². The second kappa shape index (κ2) is 13.8. The number of carbonyl (C=O) groups excluding carboxylic acids is 2.